The van der Waals surface area contributed by atoms with Crippen LogP contribution in [0.3, 0.4) is 0 Å². The molecule has 3 amide bonds. The fraction of sp³-hybridized carbons (Fsp3) is 0.611. The van der Waals surface area contributed by atoms with Crippen molar-refractivity contribution in [3.8, 4) is 0 Å². The number of nitrogens with zero attached hydrogens (tertiary/aromatic N) is 2. The van der Waals surface area contributed by atoms with Gasteiger partial charge in [-0.15, -0.1) is 11.3 Å². The van der Waals surface area contributed by atoms with Crippen LogP contribution in [0, 0.1) is 11.8 Å². The van der Waals surface area contributed by atoms with E-state index < -0.39 is 0 Å². The lowest BCUT2D eigenvalue weighted by atomic mass is 9.81. The lowest BCUT2D eigenvalue weighted by Gasteiger charge is -2.27. The molecule has 128 valence electrons. The van der Waals surface area contributed by atoms with Gasteiger partial charge >= 0.3 is 0 Å². The molecule has 2 unspecified atom stereocenters. The molecule has 0 aromatic carbocycles. The van der Waals surface area contributed by atoms with E-state index in [1.807, 2.05) is 4.90 Å². The number of amides is 3. The molecule has 6 heteroatoms. The molecule has 1 aliphatic carbocycles. The fourth-order valence-electron chi connectivity index (χ4n) is 4.28. The number of hydrogen-bond acceptors (Lipinski definition) is 4. The number of likely N-dealkylation sites (tertiary alicyclic amines) is 1. The third-order valence-electron chi connectivity index (χ3n) is 5.64. The molecule has 4 rings (SSSR count). The zero-order valence-corrected chi connectivity index (χ0v) is 14.5. The van der Waals surface area contributed by atoms with Crippen LogP contribution in [-0.2, 0) is 27.3 Å². The molecule has 1 saturated heterocycles. The highest BCUT2D eigenvalue weighted by molar-refractivity contribution is 7.10. The zero-order valence-electron chi connectivity index (χ0n) is 13.7. The van der Waals surface area contributed by atoms with Gasteiger partial charge in [-0.2, -0.15) is 0 Å². The largest absolute Gasteiger partial charge is 0.338 e. The Morgan fingerprint density at radius 3 is 2.58 bits per heavy atom. The van der Waals surface area contributed by atoms with Crippen molar-refractivity contribution < 1.29 is 14.4 Å². The van der Waals surface area contributed by atoms with Crippen molar-refractivity contribution in [1.82, 2.24) is 9.80 Å². The van der Waals surface area contributed by atoms with Gasteiger partial charge in [-0.05, 0) is 36.3 Å². The van der Waals surface area contributed by atoms with E-state index in [1.54, 1.807) is 11.3 Å². The Kier molecular flexibility index (Phi) is 4.16. The number of carbonyl (C=O) groups is 3. The molecular weight excluding hydrogens is 324 g/mol. The topological polar surface area (TPSA) is 57.7 Å². The van der Waals surface area contributed by atoms with Gasteiger partial charge in [-0.1, -0.05) is 12.8 Å². The molecule has 0 radical (unpaired) electrons. The van der Waals surface area contributed by atoms with Crippen LogP contribution in [0.1, 0.15) is 42.5 Å². The molecule has 0 spiro atoms. The average Bonchev–Trinajstić information content (AvgIpc) is 3.17. The van der Waals surface area contributed by atoms with Crippen LogP contribution in [0.25, 0.3) is 0 Å². The number of thiophene rings is 1. The van der Waals surface area contributed by atoms with Crippen LogP contribution in [0.4, 0.5) is 0 Å². The quantitative estimate of drug-likeness (QED) is 0.789. The monoisotopic (exact) mass is 346 g/mol. The van der Waals surface area contributed by atoms with Crippen LogP contribution < -0.4 is 0 Å². The molecule has 1 aromatic rings. The highest BCUT2D eigenvalue weighted by Crippen LogP contribution is 2.38. The van der Waals surface area contributed by atoms with E-state index in [4.69, 9.17) is 0 Å². The first-order chi connectivity index (χ1) is 11.6. The molecule has 5 nitrogen and oxygen atoms in total. The standard InChI is InChI=1S/C18H22N2O3S/c21-16(19-8-5-15-12(11-19)7-10-24-15)6-9-20-17(22)13-3-1-2-4-14(13)18(20)23/h7,10,13-14H,1-6,8-9,11H2. The minimum absolute atomic E-state index is 0.0438. The van der Waals surface area contributed by atoms with Gasteiger partial charge in [0.25, 0.3) is 0 Å². The van der Waals surface area contributed by atoms with E-state index in [0.717, 1.165) is 38.6 Å². The average molecular weight is 346 g/mol. The third kappa shape index (κ3) is 2.66. The molecule has 3 heterocycles. The summed E-state index contributed by atoms with van der Waals surface area (Å²) < 4.78 is 0. The van der Waals surface area contributed by atoms with Crippen molar-refractivity contribution in [2.24, 2.45) is 11.8 Å². The summed E-state index contributed by atoms with van der Waals surface area (Å²) in [6, 6.07) is 2.08. The van der Waals surface area contributed by atoms with Gasteiger partial charge in [0.2, 0.25) is 17.7 Å². The van der Waals surface area contributed by atoms with Crippen molar-refractivity contribution in [3.05, 3.63) is 21.9 Å². The van der Waals surface area contributed by atoms with Crippen molar-refractivity contribution in [2.75, 3.05) is 13.1 Å². The molecule has 24 heavy (non-hydrogen) atoms. The number of carbonyl (C=O) groups excluding carboxylic acids is 3. The second kappa shape index (κ2) is 6.31. The van der Waals surface area contributed by atoms with E-state index in [0.29, 0.717) is 6.54 Å². The molecule has 2 fully saturated rings. The smallest absolute Gasteiger partial charge is 0.233 e. The van der Waals surface area contributed by atoms with Crippen LogP contribution >= 0.6 is 11.3 Å². The Hall–Kier alpha value is -1.69. The normalized spacial score (nSPS) is 26.5. The summed E-state index contributed by atoms with van der Waals surface area (Å²) >= 11 is 1.75. The summed E-state index contributed by atoms with van der Waals surface area (Å²) in [4.78, 5) is 42.0. The van der Waals surface area contributed by atoms with E-state index >= 15 is 0 Å². The molecule has 2 atom stereocenters. The minimum atomic E-state index is -0.121. The van der Waals surface area contributed by atoms with E-state index in [9.17, 15) is 14.4 Å². The summed E-state index contributed by atoms with van der Waals surface area (Å²) in [5.74, 6) is -0.288. The predicted octanol–water partition coefficient (Wildman–Crippen LogP) is 2.20. The SMILES string of the molecule is O=C(CCN1C(=O)C2CCCCC2C1=O)N1CCc2sccc2C1. The predicted molar refractivity (Wildman–Crippen MR) is 90.2 cm³/mol. The molecule has 1 saturated carbocycles. The highest BCUT2D eigenvalue weighted by atomic mass is 32.1. The van der Waals surface area contributed by atoms with Crippen LogP contribution in [-0.4, -0.2) is 40.6 Å². The Bertz CT molecular complexity index is 660. The molecule has 0 N–H and O–H groups in total. The lowest BCUT2D eigenvalue weighted by molar-refractivity contribution is -0.141. The number of hydrogen-bond donors (Lipinski definition) is 0. The summed E-state index contributed by atoms with van der Waals surface area (Å²) in [7, 11) is 0. The Labute approximate surface area is 145 Å². The minimum Gasteiger partial charge on any atom is -0.338 e. The molecular formula is C18H22N2O3S. The maximum absolute atomic E-state index is 12.5. The van der Waals surface area contributed by atoms with Crippen molar-refractivity contribution in [2.45, 2.75) is 45.1 Å². The first-order valence-corrected chi connectivity index (χ1v) is 9.71. The second-order valence-corrected chi connectivity index (χ2v) is 8.01. The first-order valence-electron chi connectivity index (χ1n) is 8.83. The summed E-state index contributed by atoms with van der Waals surface area (Å²) in [6.07, 6.45) is 4.87. The first kappa shape index (κ1) is 15.8. The van der Waals surface area contributed by atoms with E-state index in [-0.39, 0.29) is 42.5 Å². The van der Waals surface area contributed by atoms with Crippen LogP contribution in [0.15, 0.2) is 11.4 Å². The van der Waals surface area contributed by atoms with E-state index in [2.05, 4.69) is 11.4 Å². The summed E-state index contributed by atoms with van der Waals surface area (Å²) in [6.45, 7) is 1.64. The second-order valence-electron chi connectivity index (χ2n) is 7.01. The lowest BCUT2D eigenvalue weighted by Crippen LogP contribution is -2.39. The van der Waals surface area contributed by atoms with Crippen molar-refractivity contribution in [1.29, 1.82) is 0 Å². The fourth-order valence-corrected chi connectivity index (χ4v) is 5.17. The Morgan fingerprint density at radius 1 is 1.17 bits per heavy atom. The number of rotatable bonds is 3. The highest BCUT2D eigenvalue weighted by Gasteiger charge is 2.47. The third-order valence-corrected chi connectivity index (χ3v) is 6.67. The maximum atomic E-state index is 12.5. The summed E-state index contributed by atoms with van der Waals surface area (Å²) in [5, 5.41) is 2.07. The van der Waals surface area contributed by atoms with Gasteiger partial charge in [-0.25, -0.2) is 0 Å². The molecule has 2 aliphatic heterocycles. The Balaban J connectivity index is 1.36. The zero-order chi connectivity index (χ0) is 16.7. The molecule has 1 aromatic heterocycles. The Morgan fingerprint density at radius 2 is 1.88 bits per heavy atom. The van der Waals surface area contributed by atoms with Gasteiger partial charge < -0.3 is 4.90 Å². The summed E-state index contributed by atoms with van der Waals surface area (Å²) in [5.41, 5.74) is 1.24. The van der Waals surface area contributed by atoms with Crippen molar-refractivity contribution >= 4 is 29.1 Å². The number of fused-ring (bicyclic) bond motifs is 2. The van der Waals surface area contributed by atoms with E-state index in [1.165, 1.54) is 15.3 Å². The van der Waals surface area contributed by atoms with Crippen LogP contribution in [0.2, 0.25) is 0 Å². The maximum Gasteiger partial charge on any atom is 0.233 e. The van der Waals surface area contributed by atoms with Gasteiger partial charge in [0.05, 0.1) is 11.8 Å². The van der Waals surface area contributed by atoms with Crippen molar-refractivity contribution in [3.63, 3.8) is 0 Å². The van der Waals surface area contributed by atoms with Gasteiger partial charge in [0.15, 0.2) is 0 Å². The van der Waals surface area contributed by atoms with Gasteiger partial charge in [-0.3, -0.25) is 19.3 Å². The molecule has 3 aliphatic rings. The van der Waals surface area contributed by atoms with Gasteiger partial charge in [0.1, 0.15) is 0 Å². The number of imide groups is 1. The van der Waals surface area contributed by atoms with Crippen LogP contribution in [0.5, 0.6) is 0 Å². The van der Waals surface area contributed by atoms with Gasteiger partial charge in [0, 0.05) is 30.9 Å². The molecule has 0 bridgehead atoms.